The molecule has 0 amide bonds. The van der Waals surface area contributed by atoms with Crippen LogP contribution in [0.2, 0.25) is 0 Å². The lowest BCUT2D eigenvalue weighted by atomic mass is 10.2. The smallest absolute Gasteiger partial charge is 0.0570 e. The molecule has 0 aliphatic heterocycles. The van der Waals surface area contributed by atoms with Crippen LogP contribution in [0.1, 0.15) is 55.3 Å². The molecule has 1 unspecified atom stereocenters. The van der Waals surface area contributed by atoms with Crippen molar-refractivity contribution >= 4 is 0 Å². The molecule has 8 heavy (non-hydrogen) atoms. The third-order valence-corrected chi connectivity index (χ3v) is 0.404. The van der Waals surface area contributed by atoms with Gasteiger partial charge in [-0.05, 0) is 12.7 Å². The maximum atomic E-state index is 7.58. The number of allylic oxidation sites excluding steroid dienone is 1. The van der Waals surface area contributed by atoms with Gasteiger partial charge < -0.3 is 0 Å². The van der Waals surface area contributed by atoms with E-state index in [1.165, 1.54) is 0 Å². The van der Waals surface area contributed by atoms with Crippen molar-refractivity contribution in [1.82, 2.24) is 0 Å². The van der Waals surface area contributed by atoms with Gasteiger partial charge in [-0.3, -0.25) is 0 Å². The van der Waals surface area contributed by atoms with E-state index in [4.69, 9.17) is 16.4 Å². The van der Waals surface area contributed by atoms with E-state index in [0.717, 1.165) is 6.92 Å². The third-order valence-electron chi connectivity index (χ3n) is 0.404. The lowest BCUT2D eigenvalue weighted by Crippen LogP contribution is -1.71. The largest absolute Gasteiger partial charge is 0.103 e. The monoisotopic (exact) mass is 124 g/mol. The van der Waals surface area contributed by atoms with Gasteiger partial charge in [-0.2, -0.15) is 0 Å². The summed E-state index contributed by atoms with van der Waals surface area (Å²) in [5.41, 5.74) is 0. The summed E-state index contributed by atoms with van der Waals surface area (Å²) in [5, 5.41) is 0. The summed E-state index contributed by atoms with van der Waals surface area (Å²) in [4.78, 5) is 0. The molecule has 0 N–H and O–H groups in total. The summed E-state index contributed by atoms with van der Waals surface area (Å²) < 4.78 is 88.5. The summed E-state index contributed by atoms with van der Waals surface area (Å²) in [6.07, 6.45) is -15.1. The molecule has 0 saturated heterocycles. The molecule has 0 heterocycles. The van der Waals surface area contributed by atoms with Crippen LogP contribution in [0.25, 0.3) is 0 Å². The summed E-state index contributed by atoms with van der Waals surface area (Å²) in [5.74, 6) is 0. The molecule has 0 bridgehead atoms. The molecule has 0 spiro atoms. The average Bonchev–Trinajstić information content (AvgIpc) is 2.26. The summed E-state index contributed by atoms with van der Waals surface area (Å²) >= 11 is 0. The molecule has 0 fully saturated rings. The topological polar surface area (TPSA) is 0 Å². The highest BCUT2D eigenvalue weighted by atomic mass is 13.9. The molecule has 0 heteroatoms. The predicted octanol–water partition coefficient (Wildman–Crippen LogP) is 3.14. The van der Waals surface area contributed by atoms with Crippen molar-refractivity contribution in [3.63, 3.8) is 0 Å². The minimum Gasteiger partial charge on any atom is -0.103 e. The zero-order valence-electron chi connectivity index (χ0n) is 16.6. The van der Waals surface area contributed by atoms with E-state index in [1.54, 1.807) is 0 Å². The lowest BCUT2D eigenvalue weighted by molar-refractivity contribution is 0.675. The van der Waals surface area contributed by atoms with Crippen LogP contribution in [-0.4, -0.2) is 0 Å². The maximum absolute atomic E-state index is 7.58. The van der Waals surface area contributed by atoms with Crippen LogP contribution in [0, 0.1) is 0 Å². The van der Waals surface area contributed by atoms with Crippen LogP contribution in [0.4, 0.5) is 0 Å². The molecule has 0 aliphatic carbocycles. The van der Waals surface area contributed by atoms with Crippen molar-refractivity contribution in [2.75, 3.05) is 0 Å². The molecule has 0 saturated carbocycles. The molecule has 0 aromatic heterocycles. The van der Waals surface area contributed by atoms with E-state index >= 15 is 0 Å². The van der Waals surface area contributed by atoms with Crippen LogP contribution in [0.15, 0.2) is 12.6 Å². The minimum atomic E-state index is -3.55. The van der Waals surface area contributed by atoms with Gasteiger partial charge in [-0.15, -0.1) is 6.53 Å². The normalized spacial score (nSPS) is 41.6. The molecule has 0 rings (SSSR count). The van der Waals surface area contributed by atoms with Crippen LogP contribution in [0.5, 0.6) is 0 Å². The Kier molecular flexibility index (Phi) is 0.844. The van der Waals surface area contributed by atoms with E-state index in [0.29, 0.717) is 0 Å². The first-order chi connectivity index (χ1) is 8.55. The fourth-order valence-electron chi connectivity index (χ4n) is 0.171. The Morgan fingerprint density at radius 1 is 1.75 bits per heavy atom. The van der Waals surface area contributed by atoms with E-state index in [2.05, 4.69) is 0 Å². The van der Waals surface area contributed by atoms with Crippen molar-refractivity contribution in [1.29, 1.82) is 0 Å². The molecular weight excluding hydrogens is 96.1 g/mol. The molecule has 1 atom stereocenters. The molecule has 0 nitrogen and oxygen atoms in total. The zero-order valence-corrected chi connectivity index (χ0v) is 4.58. The first-order valence-electron chi connectivity index (χ1n) is 8.19. The van der Waals surface area contributed by atoms with Crippen molar-refractivity contribution in [2.24, 2.45) is 0 Å². The van der Waals surface area contributed by atoms with Crippen LogP contribution in [-0.2, 0) is 0 Å². The number of rotatable bonds is 5. The van der Waals surface area contributed by atoms with Gasteiger partial charge in [-0.25, -0.2) is 0 Å². The van der Waals surface area contributed by atoms with Gasteiger partial charge in [0.1, 0.15) is 0 Å². The van der Waals surface area contributed by atoms with Crippen molar-refractivity contribution in [3.05, 3.63) is 12.6 Å². The predicted molar refractivity (Wildman–Crippen MR) is 39.0 cm³/mol. The van der Waals surface area contributed by atoms with E-state index in [1.807, 2.05) is 0 Å². The average molecular weight is 124 g/mol. The third kappa shape index (κ3) is 5.74. The van der Waals surface area contributed by atoms with E-state index < -0.39 is 44.5 Å². The van der Waals surface area contributed by atoms with Crippen LogP contribution >= 0.6 is 0 Å². The summed E-state index contributed by atoms with van der Waals surface area (Å²) in [6.45, 7) is -0.324. The highest BCUT2D eigenvalue weighted by Gasteiger charge is 1.81. The second-order valence-corrected chi connectivity index (χ2v) is 0.933. The quantitative estimate of drug-likeness (QED) is 0.494. The van der Waals surface area contributed by atoms with Gasteiger partial charge in [-0.1, -0.05) is 32.1 Å². The number of hydrogen-bond donors (Lipinski definition) is 0. The van der Waals surface area contributed by atoms with Crippen molar-refractivity contribution < 1.29 is 16.4 Å². The maximum Gasteiger partial charge on any atom is 0.0570 e. The minimum absolute atomic E-state index is 1.00. The highest BCUT2D eigenvalue weighted by molar-refractivity contribution is 4.64. The standard InChI is InChI=1S/C8H16/c1-3-5-7-8-6-4-2/h3H,1,4-8H2,2H3/i1D2,3D,4D,5D2,6D2,7D2,8D2. The Hall–Kier alpha value is -0.260. The fraction of sp³-hybridized carbons (Fsp3) is 0.750. The summed E-state index contributed by atoms with van der Waals surface area (Å²) in [6, 6.07) is -1.39. The Labute approximate surface area is 69.5 Å². The van der Waals surface area contributed by atoms with Gasteiger partial charge >= 0.3 is 0 Å². The molecular formula is C8H16. The Morgan fingerprint density at radius 2 is 2.62 bits per heavy atom. The second-order valence-electron chi connectivity index (χ2n) is 0.933. The zero-order chi connectivity index (χ0) is 16.7. The Balaban J connectivity index is 6.05. The van der Waals surface area contributed by atoms with Gasteiger partial charge in [0.2, 0.25) is 0 Å². The van der Waals surface area contributed by atoms with Gasteiger partial charge in [0.25, 0.3) is 0 Å². The van der Waals surface area contributed by atoms with Gasteiger partial charge in [0.05, 0.1) is 4.11 Å². The van der Waals surface area contributed by atoms with Crippen LogP contribution < -0.4 is 0 Å². The molecule has 0 aromatic rings. The molecule has 0 aromatic carbocycles. The molecule has 48 valence electrons. The van der Waals surface area contributed by atoms with Crippen molar-refractivity contribution in [2.45, 2.75) is 38.8 Å². The van der Waals surface area contributed by atoms with E-state index in [-0.39, 0.29) is 0 Å². The molecule has 0 aliphatic rings. The first kappa shape index (κ1) is 1.00. The Morgan fingerprint density at radius 3 is 3.25 bits per heavy atom. The van der Waals surface area contributed by atoms with Crippen molar-refractivity contribution in [3.8, 4) is 0 Å². The number of hydrogen-bond acceptors (Lipinski definition) is 0. The second kappa shape index (κ2) is 6.74. The van der Waals surface area contributed by atoms with Crippen LogP contribution in [0.3, 0.4) is 0 Å². The SMILES string of the molecule is [2H]C([2H])=C([2H])C([2H])([2H])C([2H])([2H])C([2H])([2H])C([2H])([2H])C([2H])C. The van der Waals surface area contributed by atoms with Gasteiger partial charge in [0, 0.05) is 12.3 Å². The van der Waals surface area contributed by atoms with Gasteiger partial charge in [0.15, 0.2) is 0 Å². The Bertz CT molecular complexity index is 388. The fourth-order valence-corrected chi connectivity index (χ4v) is 0.171. The molecule has 0 radical (unpaired) electrons. The highest BCUT2D eigenvalue weighted by Crippen LogP contribution is 2.01. The summed E-state index contributed by atoms with van der Waals surface area (Å²) in [7, 11) is 0. The van der Waals surface area contributed by atoms with E-state index in [9.17, 15) is 0 Å². The lowest BCUT2D eigenvalue weighted by Gasteiger charge is -1.91. The first-order valence-corrected chi connectivity index (χ1v) is 2.12.